The number of hydrogen-bond acceptors (Lipinski definition) is 11. The molecule has 2 aliphatic heterocycles. The second-order valence-electron chi connectivity index (χ2n) is 16.2. The van der Waals surface area contributed by atoms with E-state index in [1.807, 2.05) is 39.8 Å². The lowest BCUT2D eigenvalue weighted by atomic mass is 9.87. The Morgan fingerprint density at radius 2 is 1.95 bits per heavy atom. The Balaban J connectivity index is 1.38. The van der Waals surface area contributed by atoms with Crippen LogP contribution < -0.4 is 29.6 Å². The SMILES string of the molecule is C=C[C@H]1C[C@]1(NC(=O)[C@@H]1C[C@@H]2CN1C(=O)[C@H](CCCC)NC(=O)OCC(C)(C)CCCc1cc3c(cc(OCC)nc3cc1OC)O2)C(=O)NS(=O)(=O)C1CC1. The number of aromatic nitrogens is 1. The fourth-order valence-electron chi connectivity index (χ4n) is 7.66. The van der Waals surface area contributed by atoms with Crippen LogP contribution in [0.3, 0.4) is 0 Å². The van der Waals surface area contributed by atoms with Gasteiger partial charge in [0.2, 0.25) is 27.7 Å². The monoisotopic (exact) mass is 797 g/mol. The predicted octanol–water partition coefficient (Wildman–Crippen LogP) is 4.31. The van der Waals surface area contributed by atoms with Crippen LogP contribution in [0.2, 0.25) is 0 Å². The third-order valence-corrected chi connectivity index (χ3v) is 13.0. The molecule has 16 heteroatoms. The number of cyclic esters (lactones) is 1. The number of hydrogen-bond donors (Lipinski definition) is 3. The molecule has 1 aromatic heterocycles. The first-order valence-corrected chi connectivity index (χ1v) is 21.2. The molecule has 3 N–H and O–H groups in total. The van der Waals surface area contributed by atoms with Crippen molar-refractivity contribution in [3.05, 3.63) is 36.4 Å². The minimum Gasteiger partial charge on any atom is -0.496 e. The van der Waals surface area contributed by atoms with Crippen molar-refractivity contribution in [1.29, 1.82) is 0 Å². The van der Waals surface area contributed by atoms with Crippen molar-refractivity contribution in [2.45, 2.75) is 121 Å². The van der Waals surface area contributed by atoms with E-state index in [0.717, 1.165) is 24.8 Å². The zero-order valence-corrected chi connectivity index (χ0v) is 33.8. The van der Waals surface area contributed by atoms with E-state index in [1.165, 1.54) is 11.0 Å². The van der Waals surface area contributed by atoms with Gasteiger partial charge in [-0.15, -0.1) is 6.58 Å². The Kier molecular flexibility index (Phi) is 12.1. The number of alkyl carbamates (subject to hydrolysis) is 1. The van der Waals surface area contributed by atoms with Crippen molar-refractivity contribution < 1.29 is 46.5 Å². The first-order chi connectivity index (χ1) is 26.6. The van der Waals surface area contributed by atoms with Gasteiger partial charge in [-0.1, -0.05) is 39.7 Å². The van der Waals surface area contributed by atoms with Gasteiger partial charge in [0.1, 0.15) is 35.2 Å². The number of unbranched alkanes of at least 4 members (excludes halogenated alkanes) is 1. The summed E-state index contributed by atoms with van der Waals surface area (Å²) in [5.41, 5.74) is -0.426. The van der Waals surface area contributed by atoms with Gasteiger partial charge in [0.15, 0.2) is 0 Å². The first kappa shape index (κ1) is 41.0. The van der Waals surface area contributed by atoms with E-state index < -0.39 is 68.7 Å². The number of rotatable bonds is 12. The van der Waals surface area contributed by atoms with E-state index in [2.05, 4.69) is 21.9 Å². The predicted molar refractivity (Wildman–Crippen MR) is 208 cm³/mol. The lowest BCUT2D eigenvalue weighted by Crippen LogP contribution is -2.58. The molecule has 0 spiro atoms. The van der Waals surface area contributed by atoms with Gasteiger partial charge in [-0.05, 0) is 68.9 Å². The summed E-state index contributed by atoms with van der Waals surface area (Å²) in [6.07, 6.45) is 4.97. The van der Waals surface area contributed by atoms with Crippen LogP contribution in [-0.2, 0) is 35.6 Å². The zero-order valence-electron chi connectivity index (χ0n) is 33.0. The number of methoxy groups -OCH3 is 1. The molecular formula is C40H55N5O10S. The van der Waals surface area contributed by atoms with Crippen LogP contribution in [-0.4, -0.2) is 98.0 Å². The largest absolute Gasteiger partial charge is 0.496 e. The fourth-order valence-corrected chi connectivity index (χ4v) is 9.03. The van der Waals surface area contributed by atoms with Gasteiger partial charge in [0, 0.05) is 29.9 Å². The lowest BCUT2D eigenvalue weighted by molar-refractivity contribution is -0.141. The number of pyridine rings is 1. The van der Waals surface area contributed by atoms with E-state index in [4.69, 9.17) is 23.9 Å². The maximum atomic E-state index is 14.5. The third-order valence-electron chi connectivity index (χ3n) is 11.2. The zero-order chi connectivity index (χ0) is 40.4. The molecule has 0 radical (unpaired) electrons. The third kappa shape index (κ3) is 9.00. The summed E-state index contributed by atoms with van der Waals surface area (Å²) in [5, 5.41) is 5.65. The Morgan fingerprint density at radius 3 is 2.61 bits per heavy atom. The number of sulfonamides is 1. The van der Waals surface area contributed by atoms with Crippen LogP contribution in [0.25, 0.3) is 10.9 Å². The van der Waals surface area contributed by atoms with Crippen LogP contribution in [0.15, 0.2) is 30.9 Å². The molecule has 2 aromatic rings. The number of amides is 4. The lowest BCUT2D eigenvalue weighted by Gasteiger charge is -2.30. The van der Waals surface area contributed by atoms with Crippen LogP contribution in [0.4, 0.5) is 4.79 Å². The molecule has 4 aliphatic rings. The van der Waals surface area contributed by atoms with E-state index in [-0.39, 0.29) is 31.4 Å². The van der Waals surface area contributed by atoms with Crippen LogP contribution in [0, 0.1) is 11.3 Å². The van der Waals surface area contributed by atoms with Crippen molar-refractivity contribution in [2.75, 3.05) is 26.9 Å². The molecule has 0 unspecified atom stereocenters. The van der Waals surface area contributed by atoms with E-state index in [1.54, 1.807) is 13.2 Å². The summed E-state index contributed by atoms with van der Waals surface area (Å²) in [7, 11) is -2.30. The summed E-state index contributed by atoms with van der Waals surface area (Å²) in [5.74, 6) is -1.09. The van der Waals surface area contributed by atoms with Gasteiger partial charge in [0.25, 0.3) is 5.91 Å². The molecule has 306 valence electrons. The maximum absolute atomic E-state index is 14.5. The fraction of sp³-hybridized carbons (Fsp3) is 0.625. The molecule has 3 fully saturated rings. The molecular weight excluding hydrogens is 743 g/mol. The molecule has 56 heavy (non-hydrogen) atoms. The molecule has 4 bridgehead atoms. The normalized spacial score (nSPS) is 26.6. The highest BCUT2D eigenvalue weighted by molar-refractivity contribution is 7.91. The second kappa shape index (κ2) is 16.5. The van der Waals surface area contributed by atoms with Crippen LogP contribution >= 0.6 is 0 Å². The minimum absolute atomic E-state index is 0.0275. The Labute approximate surface area is 328 Å². The molecule has 6 rings (SSSR count). The van der Waals surface area contributed by atoms with Gasteiger partial charge in [-0.2, -0.15) is 0 Å². The number of nitrogens with one attached hydrogen (secondary N) is 3. The Bertz CT molecular complexity index is 1970. The highest BCUT2D eigenvalue weighted by Gasteiger charge is 2.62. The Hall–Kier alpha value is -4.60. The van der Waals surface area contributed by atoms with Crippen molar-refractivity contribution >= 4 is 44.7 Å². The van der Waals surface area contributed by atoms with Gasteiger partial charge < -0.3 is 34.5 Å². The number of carbonyl (C=O) groups is 4. The highest BCUT2D eigenvalue weighted by Crippen LogP contribution is 2.46. The number of benzene rings is 1. The summed E-state index contributed by atoms with van der Waals surface area (Å²) in [6, 6.07) is 3.37. The number of carbonyl (C=O) groups excluding carboxylic acids is 4. The quantitative estimate of drug-likeness (QED) is 0.260. The number of aryl methyl sites for hydroxylation is 1. The molecule has 4 amide bonds. The first-order valence-electron chi connectivity index (χ1n) is 19.7. The topological polar surface area (TPSA) is 192 Å². The van der Waals surface area contributed by atoms with Crippen LogP contribution in [0.5, 0.6) is 17.4 Å². The standard InChI is InChI=1S/C40H55N5O10S/c1-7-10-13-29-36(47)45-22-26(18-31(45)35(46)43-40(21-25(40)8-2)37(48)44-56(50,51)27-14-15-27)55-33-20-34(53-9-3)41-30-19-32(52-6)24(17-28(30)33)12-11-16-39(4,5)23-54-38(49)42-29/h8,17,19-20,25-27,29,31H,2,7,9-16,18,21-23H2,1,3-6H3,(H,42,49)(H,43,46)(H,44,48)/t25-,26+,29-,31-,40+/m0/s1. The van der Waals surface area contributed by atoms with Crippen molar-refractivity contribution in [3.8, 4) is 17.4 Å². The second-order valence-corrected chi connectivity index (χ2v) is 18.1. The summed E-state index contributed by atoms with van der Waals surface area (Å²) >= 11 is 0. The van der Waals surface area contributed by atoms with Crippen molar-refractivity contribution in [3.63, 3.8) is 0 Å². The van der Waals surface area contributed by atoms with Gasteiger partial charge in [0.05, 0.1) is 37.6 Å². The molecule has 5 atom stereocenters. The molecule has 2 saturated carbocycles. The molecule has 15 nitrogen and oxygen atoms in total. The van der Waals surface area contributed by atoms with E-state index in [0.29, 0.717) is 67.0 Å². The highest BCUT2D eigenvalue weighted by atomic mass is 32.2. The number of nitrogens with zero attached hydrogens (tertiary/aromatic N) is 2. The van der Waals surface area contributed by atoms with Gasteiger partial charge in [-0.25, -0.2) is 18.2 Å². The van der Waals surface area contributed by atoms with Gasteiger partial charge >= 0.3 is 6.09 Å². The minimum atomic E-state index is -3.91. The van der Waals surface area contributed by atoms with Crippen molar-refractivity contribution in [2.24, 2.45) is 11.3 Å². The smallest absolute Gasteiger partial charge is 0.407 e. The molecule has 1 aromatic carbocycles. The maximum Gasteiger partial charge on any atom is 0.407 e. The number of ether oxygens (including phenoxy) is 4. The summed E-state index contributed by atoms with van der Waals surface area (Å²) < 4.78 is 51.7. The summed E-state index contributed by atoms with van der Waals surface area (Å²) in [4.78, 5) is 61.8. The Morgan fingerprint density at radius 1 is 1.18 bits per heavy atom. The molecule has 2 aliphatic carbocycles. The number of fused-ring (bicyclic) bond motifs is 3. The van der Waals surface area contributed by atoms with Crippen LogP contribution in [0.1, 0.15) is 91.0 Å². The van der Waals surface area contributed by atoms with E-state index in [9.17, 15) is 27.6 Å². The average molecular weight is 798 g/mol. The van der Waals surface area contributed by atoms with Gasteiger partial charge in [-0.3, -0.25) is 19.1 Å². The average Bonchev–Trinajstić information content (AvgIpc) is 4.08. The summed E-state index contributed by atoms with van der Waals surface area (Å²) in [6.45, 7) is 12.1. The molecule has 1 saturated heterocycles. The van der Waals surface area contributed by atoms with E-state index >= 15 is 0 Å². The van der Waals surface area contributed by atoms with Crippen molar-refractivity contribution in [1.82, 2.24) is 25.2 Å². The molecule has 3 heterocycles.